The topological polar surface area (TPSA) is 59.2 Å². The summed E-state index contributed by atoms with van der Waals surface area (Å²) in [4.78, 5) is 18.3. The Morgan fingerprint density at radius 3 is 2.47 bits per heavy atom. The highest BCUT2D eigenvalue weighted by Crippen LogP contribution is 2.15. The number of nitrogens with zero attached hydrogens (tertiary/aromatic N) is 2. The first kappa shape index (κ1) is 13.2. The molecule has 0 aliphatic heterocycles. The lowest BCUT2D eigenvalue weighted by Gasteiger charge is -2.20. The van der Waals surface area contributed by atoms with Crippen molar-refractivity contribution in [2.75, 3.05) is 11.4 Å². The lowest BCUT2D eigenvalue weighted by Crippen LogP contribution is -2.31. The van der Waals surface area contributed by atoms with Crippen LogP contribution in [0, 0.1) is 0 Å². The Hall–Kier alpha value is -2.20. The van der Waals surface area contributed by atoms with E-state index in [1.165, 1.54) is 0 Å². The van der Waals surface area contributed by atoms with Crippen molar-refractivity contribution in [3.05, 3.63) is 59.9 Å². The van der Waals surface area contributed by atoms with Crippen molar-refractivity contribution in [1.29, 1.82) is 0 Å². The number of carbonyl (C=O) groups excluding carboxylic acids is 1. The molecule has 0 saturated heterocycles. The molecule has 1 aromatic carbocycles. The molecule has 0 aliphatic carbocycles. The van der Waals surface area contributed by atoms with Crippen LogP contribution in [0.4, 0.5) is 5.69 Å². The second-order valence-electron chi connectivity index (χ2n) is 4.14. The van der Waals surface area contributed by atoms with E-state index in [-0.39, 0.29) is 5.91 Å². The minimum Gasteiger partial charge on any atom is -0.326 e. The van der Waals surface area contributed by atoms with Crippen LogP contribution in [0.2, 0.25) is 0 Å². The Morgan fingerprint density at radius 2 is 1.95 bits per heavy atom. The molecule has 0 spiro atoms. The van der Waals surface area contributed by atoms with Gasteiger partial charge in [0.1, 0.15) is 5.69 Å². The number of para-hydroxylation sites is 1. The third-order valence-corrected chi connectivity index (χ3v) is 2.91. The fourth-order valence-corrected chi connectivity index (χ4v) is 1.86. The number of rotatable bonds is 4. The zero-order valence-electron chi connectivity index (χ0n) is 10.9. The quantitative estimate of drug-likeness (QED) is 0.911. The number of benzene rings is 1. The SMILES string of the molecule is CCN(C(=O)c1ccc(CN)cn1)c1ccccc1. The maximum Gasteiger partial charge on any atom is 0.276 e. The fourth-order valence-electron chi connectivity index (χ4n) is 1.86. The average molecular weight is 255 g/mol. The minimum atomic E-state index is -0.0997. The van der Waals surface area contributed by atoms with E-state index in [4.69, 9.17) is 5.73 Å². The number of anilines is 1. The van der Waals surface area contributed by atoms with Crippen molar-refractivity contribution in [3.8, 4) is 0 Å². The van der Waals surface area contributed by atoms with E-state index in [1.807, 2.05) is 43.3 Å². The van der Waals surface area contributed by atoms with Crippen LogP contribution in [0.25, 0.3) is 0 Å². The highest BCUT2D eigenvalue weighted by atomic mass is 16.2. The molecule has 0 radical (unpaired) electrons. The van der Waals surface area contributed by atoms with Crippen LogP contribution in [0.15, 0.2) is 48.7 Å². The van der Waals surface area contributed by atoms with Gasteiger partial charge in [0, 0.05) is 25.0 Å². The normalized spacial score (nSPS) is 10.2. The van der Waals surface area contributed by atoms with Gasteiger partial charge < -0.3 is 10.6 Å². The number of hydrogen-bond acceptors (Lipinski definition) is 3. The number of nitrogens with two attached hydrogens (primary N) is 1. The first-order valence-electron chi connectivity index (χ1n) is 6.28. The summed E-state index contributed by atoms with van der Waals surface area (Å²) >= 11 is 0. The molecule has 98 valence electrons. The molecule has 1 amide bonds. The van der Waals surface area contributed by atoms with Crippen LogP contribution < -0.4 is 10.6 Å². The standard InChI is InChI=1S/C15H17N3O/c1-2-18(13-6-4-3-5-7-13)15(19)14-9-8-12(10-16)11-17-14/h3-9,11H,2,10,16H2,1H3. The molecule has 0 unspecified atom stereocenters. The third-order valence-electron chi connectivity index (χ3n) is 2.91. The maximum atomic E-state index is 12.4. The van der Waals surface area contributed by atoms with Crippen LogP contribution in [-0.4, -0.2) is 17.4 Å². The number of amides is 1. The van der Waals surface area contributed by atoms with E-state index in [1.54, 1.807) is 17.2 Å². The molecule has 2 aromatic rings. The van der Waals surface area contributed by atoms with Gasteiger partial charge in [0.2, 0.25) is 0 Å². The number of pyridine rings is 1. The summed E-state index contributed by atoms with van der Waals surface area (Å²) in [5.41, 5.74) is 7.74. The molecule has 0 saturated carbocycles. The van der Waals surface area contributed by atoms with Gasteiger partial charge in [-0.2, -0.15) is 0 Å². The second-order valence-corrected chi connectivity index (χ2v) is 4.14. The highest BCUT2D eigenvalue weighted by molar-refractivity contribution is 6.04. The summed E-state index contributed by atoms with van der Waals surface area (Å²) < 4.78 is 0. The van der Waals surface area contributed by atoms with E-state index in [0.29, 0.717) is 18.8 Å². The summed E-state index contributed by atoms with van der Waals surface area (Å²) in [7, 11) is 0. The van der Waals surface area contributed by atoms with E-state index in [0.717, 1.165) is 11.3 Å². The number of aromatic nitrogens is 1. The van der Waals surface area contributed by atoms with E-state index in [2.05, 4.69) is 4.98 Å². The Labute approximate surface area is 112 Å². The fraction of sp³-hybridized carbons (Fsp3) is 0.200. The van der Waals surface area contributed by atoms with Gasteiger partial charge >= 0.3 is 0 Å². The van der Waals surface area contributed by atoms with Gasteiger partial charge in [0.25, 0.3) is 5.91 Å². The second kappa shape index (κ2) is 6.11. The van der Waals surface area contributed by atoms with Crippen LogP contribution in [0.5, 0.6) is 0 Å². The predicted molar refractivity (Wildman–Crippen MR) is 75.9 cm³/mol. The van der Waals surface area contributed by atoms with Crippen molar-refractivity contribution in [2.24, 2.45) is 5.73 Å². The Balaban J connectivity index is 2.25. The van der Waals surface area contributed by atoms with Crippen LogP contribution in [0.1, 0.15) is 23.0 Å². The van der Waals surface area contributed by atoms with E-state index < -0.39 is 0 Å². The van der Waals surface area contributed by atoms with Crippen molar-refractivity contribution < 1.29 is 4.79 Å². The molecule has 19 heavy (non-hydrogen) atoms. The predicted octanol–water partition coefficient (Wildman–Crippen LogP) is 2.21. The summed E-state index contributed by atoms with van der Waals surface area (Å²) in [6, 6.07) is 13.1. The van der Waals surface area contributed by atoms with Gasteiger partial charge in [-0.25, -0.2) is 0 Å². The maximum absolute atomic E-state index is 12.4. The minimum absolute atomic E-state index is 0.0997. The molecule has 1 aromatic heterocycles. The largest absolute Gasteiger partial charge is 0.326 e. The summed E-state index contributed by atoms with van der Waals surface area (Å²) in [6.07, 6.45) is 1.64. The van der Waals surface area contributed by atoms with Gasteiger partial charge in [0.05, 0.1) is 0 Å². The monoisotopic (exact) mass is 255 g/mol. The van der Waals surface area contributed by atoms with E-state index >= 15 is 0 Å². The molecule has 4 heteroatoms. The Kier molecular flexibility index (Phi) is 4.26. The van der Waals surface area contributed by atoms with Crippen LogP contribution >= 0.6 is 0 Å². The molecule has 0 atom stereocenters. The molecule has 0 aliphatic rings. The summed E-state index contributed by atoms with van der Waals surface area (Å²) in [5.74, 6) is -0.0997. The van der Waals surface area contributed by atoms with Gasteiger partial charge in [-0.1, -0.05) is 24.3 Å². The third kappa shape index (κ3) is 2.98. The van der Waals surface area contributed by atoms with Gasteiger partial charge in [0.15, 0.2) is 0 Å². The molecule has 2 rings (SSSR count). The van der Waals surface area contributed by atoms with Crippen LogP contribution in [-0.2, 0) is 6.54 Å². The first-order chi connectivity index (χ1) is 9.26. The van der Waals surface area contributed by atoms with Crippen molar-refractivity contribution >= 4 is 11.6 Å². The molecule has 2 N–H and O–H groups in total. The van der Waals surface area contributed by atoms with E-state index in [9.17, 15) is 4.79 Å². The van der Waals surface area contributed by atoms with Crippen molar-refractivity contribution in [3.63, 3.8) is 0 Å². The Morgan fingerprint density at radius 1 is 1.21 bits per heavy atom. The smallest absolute Gasteiger partial charge is 0.276 e. The van der Waals surface area contributed by atoms with Crippen molar-refractivity contribution in [2.45, 2.75) is 13.5 Å². The summed E-state index contributed by atoms with van der Waals surface area (Å²) in [5, 5.41) is 0. The molecule has 0 bridgehead atoms. The van der Waals surface area contributed by atoms with Gasteiger partial charge in [-0.3, -0.25) is 9.78 Å². The number of carbonyl (C=O) groups is 1. The van der Waals surface area contributed by atoms with Crippen molar-refractivity contribution in [1.82, 2.24) is 4.98 Å². The molecule has 4 nitrogen and oxygen atoms in total. The highest BCUT2D eigenvalue weighted by Gasteiger charge is 2.16. The summed E-state index contributed by atoms with van der Waals surface area (Å²) in [6.45, 7) is 2.97. The van der Waals surface area contributed by atoms with Gasteiger partial charge in [-0.15, -0.1) is 0 Å². The molecular formula is C15H17N3O. The average Bonchev–Trinajstić information content (AvgIpc) is 2.49. The zero-order valence-corrected chi connectivity index (χ0v) is 10.9. The lowest BCUT2D eigenvalue weighted by molar-refractivity contribution is 0.0983. The molecular weight excluding hydrogens is 238 g/mol. The molecule has 1 heterocycles. The lowest BCUT2D eigenvalue weighted by atomic mass is 10.2. The number of hydrogen-bond donors (Lipinski definition) is 1. The van der Waals surface area contributed by atoms with Crippen LogP contribution in [0.3, 0.4) is 0 Å². The van der Waals surface area contributed by atoms with Gasteiger partial charge in [-0.05, 0) is 30.7 Å². The first-order valence-corrected chi connectivity index (χ1v) is 6.28. The molecule has 0 fully saturated rings. The Bertz CT molecular complexity index is 537. The zero-order chi connectivity index (χ0) is 13.7.